The van der Waals surface area contributed by atoms with E-state index in [2.05, 4.69) is 47.1 Å². The normalized spacial score (nSPS) is 12.7. The highest BCUT2D eigenvalue weighted by atomic mass is 32.1. The van der Waals surface area contributed by atoms with Crippen LogP contribution in [0.2, 0.25) is 0 Å². The van der Waals surface area contributed by atoms with Crippen molar-refractivity contribution >= 4 is 22.2 Å². The molecule has 3 aromatic rings. The predicted octanol–water partition coefficient (Wildman–Crippen LogP) is 3.80. The van der Waals surface area contributed by atoms with Crippen LogP contribution in [0.3, 0.4) is 0 Å². The van der Waals surface area contributed by atoms with E-state index in [0.717, 1.165) is 17.6 Å². The van der Waals surface area contributed by atoms with Gasteiger partial charge in [0.2, 0.25) is 0 Å². The highest BCUT2D eigenvalue weighted by Gasteiger charge is 2.12. The fourth-order valence-corrected chi connectivity index (χ4v) is 3.01. The van der Waals surface area contributed by atoms with Crippen molar-refractivity contribution in [2.75, 3.05) is 7.05 Å². The molecule has 0 saturated heterocycles. The van der Waals surface area contributed by atoms with Crippen LogP contribution < -0.4 is 5.32 Å². The van der Waals surface area contributed by atoms with Gasteiger partial charge in [-0.3, -0.25) is 4.98 Å². The summed E-state index contributed by atoms with van der Waals surface area (Å²) >= 11 is 1.80. The van der Waals surface area contributed by atoms with Gasteiger partial charge in [0, 0.05) is 16.7 Å². The van der Waals surface area contributed by atoms with Crippen molar-refractivity contribution in [3.8, 4) is 0 Å². The van der Waals surface area contributed by atoms with E-state index < -0.39 is 0 Å². The molecule has 0 saturated carbocycles. The number of pyridine rings is 1. The minimum Gasteiger partial charge on any atom is -0.311 e. The highest BCUT2D eigenvalue weighted by molar-refractivity contribution is 7.09. The molecule has 2 heterocycles. The van der Waals surface area contributed by atoms with Crippen molar-refractivity contribution in [2.24, 2.45) is 0 Å². The van der Waals surface area contributed by atoms with Crippen LogP contribution in [-0.4, -0.2) is 12.0 Å². The van der Waals surface area contributed by atoms with Crippen LogP contribution in [0.5, 0.6) is 0 Å². The van der Waals surface area contributed by atoms with Crippen molar-refractivity contribution < 1.29 is 0 Å². The summed E-state index contributed by atoms with van der Waals surface area (Å²) < 4.78 is 0. The zero-order valence-corrected chi connectivity index (χ0v) is 11.7. The Morgan fingerprint density at radius 1 is 1.11 bits per heavy atom. The Kier molecular flexibility index (Phi) is 3.58. The zero-order chi connectivity index (χ0) is 13.1. The van der Waals surface area contributed by atoms with Gasteiger partial charge in [-0.2, -0.15) is 0 Å². The second-order valence-corrected chi connectivity index (χ2v) is 5.59. The minimum atomic E-state index is 0.267. The number of likely N-dealkylation sites (N-methyl/N-ethyl adjacent to an activating group) is 1. The summed E-state index contributed by atoms with van der Waals surface area (Å²) in [6, 6.07) is 17.1. The zero-order valence-electron chi connectivity index (χ0n) is 10.8. The van der Waals surface area contributed by atoms with Gasteiger partial charge in [-0.15, -0.1) is 11.3 Å². The van der Waals surface area contributed by atoms with Crippen LogP contribution in [0.1, 0.15) is 16.6 Å². The van der Waals surface area contributed by atoms with E-state index in [1.54, 1.807) is 11.3 Å². The molecule has 1 N–H and O–H groups in total. The molecule has 96 valence electrons. The summed E-state index contributed by atoms with van der Waals surface area (Å²) in [6.07, 6.45) is 0.986. The van der Waals surface area contributed by atoms with Crippen LogP contribution in [0.15, 0.2) is 53.9 Å². The lowest BCUT2D eigenvalue weighted by Crippen LogP contribution is -2.19. The summed E-state index contributed by atoms with van der Waals surface area (Å²) in [4.78, 5) is 6.15. The number of hydrogen-bond acceptors (Lipinski definition) is 3. The van der Waals surface area contributed by atoms with Gasteiger partial charge >= 0.3 is 0 Å². The maximum absolute atomic E-state index is 4.77. The number of rotatable bonds is 4. The Morgan fingerprint density at radius 3 is 2.79 bits per heavy atom. The summed E-state index contributed by atoms with van der Waals surface area (Å²) in [5, 5.41) is 6.68. The molecule has 0 bridgehead atoms. The summed E-state index contributed by atoms with van der Waals surface area (Å²) in [6.45, 7) is 0. The lowest BCUT2D eigenvalue weighted by molar-refractivity contribution is 0.582. The monoisotopic (exact) mass is 268 g/mol. The molecule has 1 aromatic carbocycles. The lowest BCUT2D eigenvalue weighted by Gasteiger charge is -2.15. The number of nitrogens with zero attached hydrogens (tertiary/aromatic N) is 1. The highest BCUT2D eigenvalue weighted by Crippen LogP contribution is 2.21. The third kappa shape index (κ3) is 2.67. The van der Waals surface area contributed by atoms with Gasteiger partial charge in [0.25, 0.3) is 0 Å². The molecule has 0 aliphatic rings. The van der Waals surface area contributed by atoms with Crippen LogP contribution in [-0.2, 0) is 6.42 Å². The topological polar surface area (TPSA) is 24.9 Å². The van der Waals surface area contributed by atoms with Crippen LogP contribution >= 0.6 is 11.3 Å². The molecule has 0 amide bonds. The van der Waals surface area contributed by atoms with E-state index in [4.69, 9.17) is 4.98 Å². The van der Waals surface area contributed by atoms with E-state index in [-0.39, 0.29) is 6.04 Å². The van der Waals surface area contributed by atoms with E-state index in [0.29, 0.717) is 0 Å². The van der Waals surface area contributed by atoms with E-state index >= 15 is 0 Å². The second kappa shape index (κ2) is 5.51. The van der Waals surface area contributed by atoms with Crippen molar-refractivity contribution in [3.63, 3.8) is 0 Å². The smallest absolute Gasteiger partial charge is 0.0706 e. The van der Waals surface area contributed by atoms with Gasteiger partial charge < -0.3 is 5.32 Å². The van der Waals surface area contributed by atoms with Crippen LogP contribution in [0.25, 0.3) is 10.9 Å². The average molecular weight is 268 g/mol. The molecule has 3 heteroatoms. The van der Waals surface area contributed by atoms with Gasteiger partial charge in [-0.05, 0) is 30.6 Å². The minimum absolute atomic E-state index is 0.267. The van der Waals surface area contributed by atoms with Crippen molar-refractivity contribution in [3.05, 3.63) is 64.5 Å². The number of fused-ring (bicyclic) bond motifs is 1. The number of hydrogen-bond donors (Lipinski definition) is 1. The van der Waals surface area contributed by atoms with Crippen molar-refractivity contribution in [2.45, 2.75) is 12.5 Å². The van der Waals surface area contributed by atoms with Crippen LogP contribution in [0.4, 0.5) is 0 Å². The standard InChI is InChI=1S/C16H16N2S/c1-17-16(11-13-6-4-10-19-13)15-9-8-12-5-2-3-7-14(12)18-15/h2-10,16-17H,11H2,1H3. The first kappa shape index (κ1) is 12.3. The molecule has 0 aliphatic carbocycles. The number of benzene rings is 1. The first-order valence-corrected chi connectivity index (χ1v) is 7.30. The number of nitrogens with one attached hydrogen (secondary N) is 1. The second-order valence-electron chi connectivity index (χ2n) is 4.55. The number of aromatic nitrogens is 1. The largest absolute Gasteiger partial charge is 0.311 e. The maximum atomic E-state index is 4.77. The Bertz CT molecular complexity index is 661. The summed E-state index contributed by atoms with van der Waals surface area (Å²) in [7, 11) is 2.00. The first-order valence-electron chi connectivity index (χ1n) is 6.42. The van der Waals surface area contributed by atoms with Gasteiger partial charge in [0.15, 0.2) is 0 Å². The first-order chi connectivity index (χ1) is 9.36. The van der Waals surface area contributed by atoms with E-state index in [1.165, 1.54) is 10.3 Å². The molecule has 1 unspecified atom stereocenters. The Morgan fingerprint density at radius 2 is 2.00 bits per heavy atom. The van der Waals surface area contributed by atoms with E-state index in [1.807, 2.05) is 19.2 Å². The third-order valence-corrected chi connectivity index (χ3v) is 4.21. The molecular weight excluding hydrogens is 252 g/mol. The quantitative estimate of drug-likeness (QED) is 0.778. The summed E-state index contributed by atoms with van der Waals surface area (Å²) in [5.74, 6) is 0. The molecule has 0 aliphatic heterocycles. The lowest BCUT2D eigenvalue weighted by atomic mass is 10.1. The third-order valence-electron chi connectivity index (χ3n) is 3.31. The van der Waals surface area contributed by atoms with Gasteiger partial charge in [0.1, 0.15) is 0 Å². The Hall–Kier alpha value is -1.71. The van der Waals surface area contributed by atoms with Crippen LogP contribution in [0, 0.1) is 0 Å². The molecule has 1 atom stereocenters. The summed E-state index contributed by atoms with van der Waals surface area (Å²) in [5.41, 5.74) is 2.17. The molecule has 19 heavy (non-hydrogen) atoms. The van der Waals surface area contributed by atoms with Gasteiger partial charge in [-0.25, -0.2) is 0 Å². The van der Waals surface area contributed by atoms with E-state index in [9.17, 15) is 0 Å². The fraction of sp³-hybridized carbons (Fsp3) is 0.188. The molecule has 3 rings (SSSR count). The molecule has 2 nitrogen and oxygen atoms in total. The fourth-order valence-electron chi connectivity index (χ4n) is 2.26. The number of para-hydroxylation sites is 1. The van der Waals surface area contributed by atoms with Gasteiger partial charge in [-0.1, -0.05) is 30.3 Å². The molecule has 2 aromatic heterocycles. The predicted molar refractivity (Wildman–Crippen MR) is 81.6 cm³/mol. The Balaban J connectivity index is 1.92. The molecule has 0 radical (unpaired) electrons. The SMILES string of the molecule is CNC(Cc1cccs1)c1ccc2ccccc2n1. The maximum Gasteiger partial charge on any atom is 0.0706 e. The Labute approximate surface area is 117 Å². The number of thiophene rings is 1. The van der Waals surface area contributed by atoms with Gasteiger partial charge in [0.05, 0.1) is 17.3 Å². The van der Waals surface area contributed by atoms with Crippen molar-refractivity contribution in [1.29, 1.82) is 0 Å². The van der Waals surface area contributed by atoms with Crippen molar-refractivity contribution in [1.82, 2.24) is 10.3 Å². The average Bonchev–Trinajstić information content (AvgIpc) is 2.97. The molecule has 0 spiro atoms. The molecule has 0 fully saturated rings. The molecular formula is C16H16N2S.